The maximum atomic E-state index is 11.9. The maximum Gasteiger partial charge on any atom is 0.573 e. The number of hydrogen-bond donors (Lipinski definition) is 0. The van der Waals surface area contributed by atoms with Crippen molar-refractivity contribution in [1.29, 1.82) is 0 Å². The van der Waals surface area contributed by atoms with E-state index in [9.17, 15) is 13.2 Å². The van der Waals surface area contributed by atoms with Gasteiger partial charge in [-0.1, -0.05) is 11.8 Å². The molecule has 0 unspecified atom stereocenters. The molecule has 0 saturated carbocycles. The van der Waals surface area contributed by atoms with Crippen LogP contribution in [0, 0.1) is 11.8 Å². The zero-order valence-electron chi connectivity index (χ0n) is 8.85. The van der Waals surface area contributed by atoms with Crippen LogP contribution in [-0.2, 0) is 0 Å². The number of halogens is 4. The van der Waals surface area contributed by atoms with Gasteiger partial charge in [0.1, 0.15) is 5.75 Å². The van der Waals surface area contributed by atoms with E-state index in [1.165, 1.54) is 24.3 Å². The number of ether oxygens (including phenoxy) is 1. The molecule has 0 radical (unpaired) electrons. The van der Waals surface area contributed by atoms with Crippen LogP contribution in [0.25, 0.3) is 0 Å². The number of rotatable bonds is 3. The Hall–Kier alpha value is -1.34. The van der Waals surface area contributed by atoms with Crippen LogP contribution in [0.1, 0.15) is 18.4 Å². The molecule has 1 aromatic rings. The van der Waals surface area contributed by atoms with Gasteiger partial charge in [0.15, 0.2) is 0 Å². The standard InChI is InChI=1S/C12H10ClF3O/c13-9-3-1-2-4-10-5-7-11(8-6-10)17-12(14,15)16/h5-8H,1,3,9H2. The summed E-state index contributed by atoms with van der Waals surface area (Å²) in [7, 11) is 0. The van der Waals surface area contributed by atoms with Crippen LogP contribution in [0.4, 0.5) is 13.2 Å². The summed E-state index contributed by atoms with van der Waals surface area (Å²) in [6.45, 7) is 0. The van der Waals surface area contributed by atoms with Crippen LogP contribution < -0.4 is 4.74 Å². The van der Waals surface area contributed by atoms with Gasteiger partial charge in [0.2, 0.25) is 0 Å². The molecule has 0 bridgehead atoms. The second kappa shape index (κ2) is 6.41. The lowest BCUT2D eigenvalue weighted by atomic mass is 10.2. The first-order chi connectivity index (χ1) is 8.01. The summed E-state index contributed by atoms with van der Waals surface area (Å²) in [5.74, 6) is 6.00. The third-order valence-electron chi connectivity index (χ3n) is 1.76. The number of benzene rings is 1. The van der Waals surface area contributed by atoms with Gasteiger partial charge in [0.05, 0.1) is 0 Å². The second-order valence-electron chi connectivity index (χ2n) is 3.17. The van der Waals surface area contributed by atoms with Crippen LogP contribution in [-0.4, -0.2) is 12.2 Å². The van der Waals surface area contributed by atoms with Gasteiger partial charge in [0.25, 0.3) is 0 Å². The Labute approximate surface area is 103 Å². The lowest BCUT2D eigenvalue weighted by molar-refractivity contribution is -0.274. The normalized spacial score (nSPS) is 10.6. The highest BCUT2D eigenvalue weighted by Gasteiger charge is 2.30. The summed E-state index contributed by atoms with van der Waals surface area (Å²) in [5, 5.41) is 0. The van der Waals surface area contributed by atoms with Crippen molar-refractivity contribution < 1.29 is 17.9 Å². The average molecular weight is 263 g/mol. The molecular weight excluding hydrogens is 253 g/mol. The molecule has 0 aromatic heterocycles. The Balaban J connectivity index is 2.58. The van der Waals surface area contributed by atoms with E-state index in [0.717, 1.165) is 6.42 Å². The fourth-order valence-corrected chi connectivity index (χ4v) is 1.19. The van der Waals surface area contributed by atoms with Gasteiger partial charge in [-0.25, -0.2) is 0 Å². The SMILES string of the molecule is FC(F)(F)Oc1ccc(C#CCCCCl)cc1. The zero-order chi connectivity index (χ0) is 12.7. The van der Waals surface area contributed by atoms with Crippen molar-refractivity contribution in [2.75, 3.05) is 5.88 Å². The van der Waals surface area contributed by atoms with Gasteiger partial charge in [0, 0.05) is 17.9 Å². The lowest BCUT2D eigenvalue weighted by Crippen LogP contribution is -2.16. The largest absolute Gasteiger partial charge is 0.573 e. The molecule has 0 aliphatic carbocycles. The Kier molecular flexibility index (Phi) is 5.17. The fourth-order valence-electron chi connectivity index (χ4n) is 1.06. The minimum Gasteiger partial charge on any atom is -0.406 e. The third-order valence-corrected chi connectivity index (χ3v) is 2.02. The van der Waals surface area contributed by atoms with E-state index in [1.54, 1.807) is 0 Å². The van der Waals surface area contributed by atoms with Crippen LogP contribution in [0.2, 0.25) is 0 Å². The van der Waals surface area contributed by atoms with E-state index in [0.29, 0.717) is 17.9 Å². The first-order valence-corrected chi connectivity index (χ1v) is 5.45. The Morgan fingerprint density at radius 1 is 1.18 bits per heavy atom. The van der Waals surface area contributed by atoms with Gasteiger partial charge >= 0.3 is 6.36 Å². The lowest BCUT2D eigenvalue weighted by Gasteiger charge is -2.07. The minimum atomic E-state index is -4.66. The van der Waals surface area contributed by atoms with Gasteiger partial charge in [-0.15, -0.1) is 24.8 Å². The average Bonchev–Trinajstić information content (AvgIpc) is 2.25. The summed E-state index contributed by atoms with van der Waals surface area (Å²) in [6.07, 6.45) is -3.19. The monoisotopic (exact) mass is 262 g/mol. The topological polar surface area (TPSA) is 9.23 Å². The summed E-state index contributed by atoms with van der Waals surface area (Å²) < 4.78 is 39.3. The summed E-state index contributed by atoms with van der Waals surface area (Å²) in [6, 6.07) is 5.43. The van der Waals surface area contributed by atoms with Gasteiger partial charge in [-0.2, -0.15) is 0 Å². The number of unbranched alkanes of at least 4 members (excludes halogenated alkanes) is 1. The van der Waals surface area contributed by atoms with Crippen molar-refractivity contribution in [3.8, 4) is 17.6 Å². The highest BCUT2D eigenvalue weighted by molar-refractivity contribution is 6.17. The first-order valence-electron chi connectivity index (χ1n) is 4.92. The van der Waals surface area contributed by atoms with Gasteiger partial charge in [-0.05, 0) is 30.7 Å². The predicted molar refractivity (Wildman–Crippen MR) is 60.0 cm³/mol. The highest BCUT2D eigenvalue weighted by atomic mass is 35.5. The van der Waals surface area contributed by atoms with Crippen molar-refractivity contribution in [1.82, 2.24) is 0 Å². The van der Waals surface area contributed by atoms with Crippen LogP contribution in [0.5, 0.6) is 5.75 Å². The highest BCUT2D eigenvalue weighted by Crippen LogP contribution is 2.22. The molecule has 1 rings (SSSR count). The van der Waals surface area contributed by atoms with E-state index in [-0.39, 0.29) is 5.75 Å². The van der Waals surface area contributed by atoms with E-state index in [1.807, 2.05) is 0 Å². The Morgan fingerprint density at radius 2 is 1.82 bits per heavy atom. The molecule has 0 fully saturated rings. The van der Waals surface area contributed by atoms with Crippen molar-refractivity contribution >= 4 is 11.6 Å². The van der Waals surface area contributed by atoms with Crippen LogP contribution >= 0.6 is 11.6 Å². The smallest absolute Gasteiger partial charge is 0.406 e. The second-order valence-corrected chi connectivity index (χ2v) is 3.54. The van der Waals surface area contributed by atoms with Gasteiger partial charge < -0.3 is 4.74 Å². The zero-order valence-corrected chi connectivity index (χ0v) is 9.61. The summed E-state index contributed by atoms with van der Waals surface area (Å²) >= 11 is 5.47. The molecule has 0 amide bonds. The van der Waals surface area contributed by atoms with E-state index >= 15 is 0 Å². The molecule has 0 saturated heterocycles. The molecule has 0 aliphatic rings. The van der Waals surface area contributed by atoms with Crippen molar-refractivity contribution in [3.05, 3.63) is 29.8 Å². The molecule has 5 heteroatoms. The molecule has 1 nitrogen and oxygen atoms in total. The van der Waals surface area contributed by atoms with E-state index < -0.39 is 6.36 Å². The minimum absolute atomic E-state index is 0.246. The molecule has 92 valence electrons. The molecule has 17 heavy (non-hydrogen) atoms. The number of alkyl halides is 4. The third kappa shape index (κ3) is 6.08. The van der Waals surface area contributed by atoms with Crippen molar-refractivity contribution in [3.63, 3.8) is 0 Å². The van der Waals surface area contributed by atoms with Crippen LogP contribution in [0.15, 0.2) is 24.3 Å². The van der Waals surface area contributed by atoms with Gasteiger partial charge in [-0.3, -0.25) is 0 Å². The van der Waals surface area contributed by atoms with Crippen LogP contribution in [0.3, 0.4) is 0 Å². The quantitative estimate of drug-likeness (QED) is 0.455. The molecular formula is C12H10ClF3O. The Bertz CT molecular complexity index is 400. The molecule has 0 N–H and O–H groups in total. The first kappa shape index (κ1) is 13.7. The van der Waals surface area contributed by atoms with Crippen molar-refractivity contribution in [2.45, 2.75) is 19.2 Å². The molecule has 1 aromatic carbocycles. The Morgan fingerprint density at radius 3 is 2.35 bits per heavy atom. The predicted octanol–water partition coefficient (Wildman–Crippen LogP) is 3.96. The maximum absolute atomic E-state index is 11.9. The molecule has 0 spiro atoms. The van der Waals surface area contributed by atoms with E-state index in [4.69, 9.17) is 11.6 Å². The molecule has 0 atom stereocenters. The van der Waals surface area contributed by atoms with E-state index in [2.05, 4.69) is 16.6 Å². The molecule has 0 aliphatic heterocycles. The summed E-state index contributed by atoms with van der Waals surface area (Å²) in [5.41, 5.74) is 0.647. The molecule has 0 heterocycles. The fraction of sp³-hybridized carbons (Fsp3) is 0.333. The number of hydrogen-bond acceptors (Lipinski definition) is 1. The van der Waals surface area contributed by atoms with Crippen molar-refractivity contribution in [2.24, 2.45) is 0 Å². The summed E-state index contributed by atoms with van der Waals surface area (Å²) in [4.78, 5) is 0.